The lowest BCUT2D eigenvalue weighted by Crippen LogP contribution is -2.35. The zero-order valence-corrected chi connectivity index (χ0v) is 13.5. The summed E-state index contributed by atoms with van der Waals surface area (Å²) >= 11 is 0. The van der Waals surface area contributed by atoms with Crippen LogP contribution in [0.15, 0.2) is 18.2 Å². The van der Waals surface area contributed by atoms with Crippen molar-refractivity contribution in [2.45, 2.75) is 13.3 Å². The Hall–Kier alpha value is -1.79. The molecule has 0 bridgehead atoms. The Balaban J connectivity index is 1.95. The molecule has 1 saturated heterocycles. The highest BCUT2D eigenvalue weighted by Gasteiger charge is 2.33. The SMILES string of the molecule is COc1cc(NC(=O)CN2CCC(C)(CN)C2)cc(OC)c1. The van der Waals surface area contributed by atoms with Gasteiger partial charge in [-0.15, -0.1) is 0 Å². The van der Waals surface area contributed by atoms with E-state index in [2.05, 4.69) is 17.1 Å². The molecule has 1 atom stereocenters. The van der Waals surface area contributed by atoms with E-state index in [1.165, 1.54) is 0 Å². The van der Waals surface area contributed by atoms with Gasteiger partial charge >= 0.3 is 0 Å². The second-order valence-corrected chi connectivity index (χ2v) is 6.12. The molecule has 1 aromatic rings. The predicted molar refractivity (Wildman–Crippen MR) is 86.4 cm³/mol. The number of carbonyl (C=O) groups excluding carboxylic acids is 1. The van der Waals surface area contributed by atoms with Crippen LogP contribution >= 0.6 is 0 Å². The number of nitrogens with one attached hydrogen (secondary N) is 1. The molecule has 6 nitrogen and oxygen atoms in total. The van der Waals surface area contributed by atoms with Crippen LogP contribution in [-0.4, -0.2) is 51.2 Å². The number of rotatable bonds is 6. The maximum absolute atomic E-state index is 12.2. The minimum atomic E-state index is -0.0448. The molecule has 1 aliphatic heterocycles. The molecule has 2 rings (SSSR count). The summed E-state index contributed by atoms with van der Waals surface area (Å²) in [5, 5.41) is 2.89. The van der Waals surface area contributed by atoms with Crippen molar-refractivity contribution in [1.29, 1.82) is 0 Å². The predicted octanol–water partition coefficient (Wildman–Crippen LogP) is 1.31. The van der Waals surface area contributed by atoms with Gasteiger partial charge in [0.1, 0.15) is 11.5 Å². The number of hydrogen-bond donors (Lipinski definition) is 2. The zero-order valence-electron chi connectivity index (χ0n) is 13.5. The summed E-state index contributed by atoms with van der Waals surface area (Å²) in [6.45, 7) is 4.95. The standard InChI is InChI=1S/C16H25N3O3/c1-16(10-17)4-5-19(11-16)9-15(20)18-12-6-13(21-2)8-14(7-12)22-3/h6-8H,4-5,9-11,17H2,1-3H3,(H,18,20). The van der Waals surface area contributed by atoms with Gasteiger partial charge in [-0.3, -0.25) is 9.69 Å². The number of nitrogens with zero attached hydrogens (tertiary/aromatic N) is 1. The van der Waals surface area contributed by atoms with Crippen molar-refractivity contribution in [3.63, 3.8) is 0 Å². The fourth-order valence-corrected chi connectivity index (χ4v) is 2.71. The number of methoxy groups -OCH3 is 2. The van der Waals surface area contributed by atoms with Crippen molar-refractivity contribution in [3.05, 3.63) is 18.2 Å². The first-order valence-electron chi connectivity index (χ1n) is 7.43. The van der Waals surface area contributed by atoms with Gasteiger partial charge in [0.05, 0.1) is 20.8 Å². The first-order chi connectivity index (χ1) is 10.5. The highest BCUT2D eigenvalue weighted by Crippen LogP contribution is 2.28. The number of hydrogen-bond acceptors (Lipinski definition) is 5. The van der Waals surface area contributed by atoms with E-state index in [9.17, 15) is 4.79 Å². The maximum Gasteiger partial charge on any atom is 0.238 e. The molecule has 0 radical (unpaired) electrons. The minimum absolute atomic E-state index is 0.0448. The van der Waals surface area contributed by atoms with Crippen LogP contribution in [0.3, 0.4) is 0 Å². The summed E-state index contributed by atoms with van der Waals surface area (Å²) in [7, 11) is 3.16. The fraction of sp³-hybridized carbons (Fsp3) is 0.562. The molecule has 122 valence electrons. The van der Waals surface area contributed by atoms with Gasteiger partial charge < -0.3 is 20.5 Å². The van der Waals surface area contributed by atoms with Crippen LogP contribution in [0.25, 0.3) is 0 Å². The third-order valence-electron chi connectivity index (χ3n) is 4.13. The Morgan fingerprint density at radius 1 is 1.32 bits per heavy atom. The lowest BCUT2D eigenvalue weighted by molar-refractivity contribution is -0.117. The Morgan fingerprint density at radius 2 is 1.95 bits per heavy atom. The van der Waals surface area contributed by atoms with Gasteiger partial charge in [-0.1, -0.05) is 6.92 Å². The van der Waals surface area contributed by atoms with Crippen LogP contribution in [0.1, 0.15) is 13.3 Å². The van der Waals surface area contributed by atoms with Crippen LogP contribution in [-0.2, 0) is 4.79 Å². The van der Waals surface area contributed by atoms with Gasteiger partial charge in [-0.05, 0) is 24.9 Å². The van der Waals surface area contributed by atoms with Crippen LogP contribution in [0.4, 0.5) is 5.69 Å². The zero-order chi connectivity index (χ0) is 16.2. The van der Waals surface area contributed by atoms with Gasteiger partial charge in [0.2, 0.25) is 5.91 Å². The number of anilines is 1. The molecule has 1 aromatic carbocycles. The van der Waals surface area contributed by atoms with Crippen molar-refractivity contribution in [1.82, 2.24) is 4.90 Å². The van der Waals surface area contributed by atoms with E-state index in [4.69, 9.17) is 15.2 Å². The summed E-state index contributed by atoms with van der Waals surface area (Å²) in [6, 6.07) is 5.31. The first-order valence-corrected chi connectivity index (χ1v) is 7.43. The van der Waals surface area contributed by atoms with Crippen LogP contribution in [0, 0.1) is 5.41 Å². The minimum Gasteiger partial charge on any atom is -0.497 e. The van der Waals surface area contributed by atoms with Crippen molar-refractivity contribution in [3.8, 4) is 11.5 Å². The molecular formula is C16H25N3O3. The maximum atomic E-state index is 12.2. The summed E-state index contributed by atoms with van der Waals surface area (Å²) in [6.07, 6.45) is 1.03. The molecule has 0 aliphatic carbocycles. The molecule has 1 unspecified atom stereocenters. The largest absolute Gasteiger partial charge is 0.497 e. The molecule has 1 heterocycles. The fourth-order valence-electron chi connectivity index (χ4n) is 2.71. The van der Waals surface area contributed by atoms with E-state index < -0.39 is 0 Å². The third-order valence-corrected chi connectivity index (χ3v) is 4.13. The Bertz CT molecular complexity index is 513. The average molecular weight is 307 g/mol. The average Bonchev–Trinajstić information content (AvgIpc) is 2.88. The third kappa shape index (κ3) is 4.11. The van der Waals surface area contributed by atoms with E-state index in [-0.39, 0.29) is 11.3 Å². The molecule has 1 amide bonds. The van der Waals surface area contributed by atoms with Gasteiger partial charge in [0.15, 0.2) is 0 Å². The molecule has 22 heavy (non-hydrogen) atoms. The van der Waals surface area contributed by atoms with Gasteiger partial charge in [0, 0.05) is 30.4 Å². The highest BCUT2D eigenvalue weighted by atomic mass is 16.5. The monoisotopic (exact) mass is 307 g/mol. The molecule has 0 saturated carbocycles. The molecule has 0 aromatic heterocycles. The van der Waals surface area contributed by atoms with E-state index in [1.807, 2.05) is 0 Å². The molecule has 0 spiro atoms. The highest BCUT2D eigenvalue weighted by molar-refractivity contribution is 5.92. The first kappa shape index (κ1) is 16.6. The molecule has 3 N–H and O–H groups in total. The second kappa shape index (κ2) is 6.98. The van der Waals surface area contributed by atoms with Crippen LogP contribution < -0.4 is 20.5 Å². The van der Waals surface area contributed by atoms with Crippen molar-refractivity contribution < 1.29 is 14.3 Å². The van der Waals surface area contributed by atoms with Gasteiger partial charge in [-0.25, -0.2) is 0 Å². The lowest BCUT2D eigenvalue weighted by atomic mass is 9.90. The molecule has 1 fully saturated rings. The van der Waals surface area contributed by atoms with E-state index in [1.54, 1.807) is 32.4 Å². The summed E-state index contributed by atoms with van der Waals surface area (Å²) in [4.78, 5) is 14.3. The van der Waals surface area contributed by atoms with Crippen molar-refractivity contribution in [2.24, 2.45) is 11.1 Å². The summed E-state index contributed by atoms with van der Waals surface area (Å²) in [5.74, 6) is 1.25. The Morgan fingerprint density at radius 3 is 2.45 bits per heavy atom. The number of ether oxygens (including phenoxy) is 2. The van der Waals surface area contributed by atoms with Crippen molar-refractivity contribution >= 4 is 11.6 Å². The Kier molecular flexibility index (Phi) is 5.26. The second-order valence-electron chi connectivity index (χ2n) is 6.12. The van der Waals surface area contributed by atoms with Crippen LogP contribution in [0.5, 0.6) is 11.5 Å². The van der Waals surface area contributed by atoms with Gasteiger partial charge in [-0.2, -0.15) is 0 Å². The van der Waals surface area contributed by atoms with E-state index in [0.717, 1.165) is 19.5 Å². The molecule has 1 aliphatic rings. The quantitative estimate of drug-likeness (QED) is 0.829. The molecular weight excluding hydrogens is 282 g/mol. The number of nitrogens with two attached hydrogens (primary N) is 1. The summed E-state index contributed by atoms with van der Waals surface area (Å²) in [5.41, 5.74) is 6.59. The van der Waals surface area contributed by atoms with Gasteiger partial charge in [0.25, 0.3) is 0 Å². The molecule has 6 heteroatoms. The van der Waals surface area contributed by atoms with Crippen molar-refractivity contribution in [2.75, 3.05) is 45.7 Å². The van der Waals surface area contributed by atoms with Crippen LogP contribution in [0.2, 0.25) is 0 Å². The number of benzene rings is 1. The topological polar surface area (TPSA) is 76.8 Å². The number of carbonyl (C=O) groups is 1. The normalized spacial score (nSPS) is 21.6. The Labute approximate surface area is 131 Å². The number of likely N-dealkylation sites (tertiary alicyclic amines) is 1. The smallest absolute Gasteiger partial charge is 0.238 e. The van der Waals surface area contributed by atoms with E-state index in [0.29, 0.717) is 30.3 Å². The lowest BCUT2D eigenvalue weighted by Gasteiger charge is -2.22. The van der Waals surface area contributed by atoms with E-state index >= 15 is 0 Å². The summed E-state index contributed by atoms with van der Waals surface area (Å²) < 4.78 is 10.4. The number of amides is 1.